The van der Waals surface area contributed by atoms with Crippen LogP contribution in [-0.2, 0) is 6.54 Å². The van der Waals surface area contributed by atoms with E-state index in [0.717, 1.165) is 50.0 Å². The topological polar surface area (TPSA) is 81.2 Å². The van der Waals surface area contributed by atoms with Gasteiger partial charge >= 0.3 is 0 Å². The van der Waals surface area contributed by atoms with Gasteiger partial charge in [-0.05, 0) is 44.6 Å². The lowest BCUT2D eigenvalue weighted by molar-refractivity contribution is 0.0709. The molecule has 3 heterocycles. The van der Waals surface area contributed by atoms with Crippen molar-refractivity contribution in [1.29, 1.82) is 0 Å². The second kappa shape index (κ2) is 6.07. The van der Waals surface area contributed by atoms with Gasteiger partial charge in [-0.3, -0.25) is 9.59 Å². The number of carbonyl (C=O) groups excluding carboxylic acids is 1. The molecule has 136 valence electrons. The maximum absolute atomic E-state index is 12.9. The van der Waals surface area contributed by atoms with E-state index >= 15 is 0 Å². The number of hydrogen-bond acceptors (Lipinski definition) is 5. The summed E-state index contributed by atoms with van der Waals surface area (Å²) in [6.45, 7) is 1.13. The van der Waals surface area contributed by atoms with Gasteiger partial charge in [-0.25, -0.2) is 4.68 Å². The van der Waals surface area contributed by atoms with E-state index in [-0.39, 0.29) is 17.5 Å². The predicted octanol–water partition coefficient (Wildman–Crippen LogP) is 2.29. The summed E-state index contributed by atoms with van der Waals surface area (Å²) in [5.41, 5.74) is 1.27. The quantitative estimate of drug-likeness (QED) is 0.823. The van der Waals surface area contributed by atoms with Gasteiger partial charge in [-0.1, -0.05) is 5.16 Å². The number of rotatable bonds is 5. The number of carbonyl (C=O) groups is 1. The van der Waals surface area contributed by atoms with Crippen LogP contribution in [0.3, 0.4) is 0 Å². The fourth-order valence-corrected chi connectivity index (χ4v) is 3.78. The van der Waals surface area contributed by atoms with Crippen LogP contribution in [0, 0.1) is 0 Å². The Morgan fingerprint density at radius 1 is 1.15 bits per heavy atom. The number of nitrogens with zero attached hydrogens (tertiary/aromatic N) is 4. The Kier molecular flexibility index (Phi) is 3.69. The van der Waals surface area contributed by atoms with Crippen molar-refractivity contribution in [1.82, 2.24) is 19.8 Å². The number of hydrogen-bond donors (Lipinski definition) is 0. The van der Waals surface area contributed by atoms with Crippen molar-refractivity contribution in [3.63, 3.8) is 0 Å². The van der Waals surface area contributed by atoms with Gasteiger partial charge in [0.2, 0.25) is 0 Å². The van der Waals surface area contributed by atoms with E-state index in [0.29, 0.717) is 30.6 Å². The van der Waals surface area contributed by atoms with Crippen molar-refractivity contribution in [2.75, 3.05) is 6.54 Å². The monoisotopic (exact) mass is 354 g/mol. The minimum atomic E-state index is -0.105. The maximum atomic E-state index is 12.9. The molecular formula is C19H22N4O3. The van der Waals surface area contributed by atoms with Crippen LogP contribution >= 0.6 is 0 Å². The Balaban J connectivity index is 1.34. The second-order valence-corrected chi connectivity index (χ2v) is 7.74. The summed E-state index contributed by atoms with van der Waals surface area (Å²) in [5.74, 6) is 1.65. The van der Waals surface area contributed by atoms with E-state index in [1.807, 2.05) is 11.0 Å². The molecule has 0 radical (unpaired) electrons. The molecule has 2 aromatic rings. The van der Waals surface area contributed by atoms with Gasteiger partial charge in [0.15, 0.2) is 5.69 Å². The van der Waals surface area contributed by atoms with Gasteiger partial charge in [-0.2, -0.15) is 5.10 Å². The normalized spacial score (nSPS) is 22.8. The van der Waals surface area contributed by atoms with Crippen LogP contribution in [0.15, 0.2) is 27.5 Å². The van der Waals surface area contributed by atoms with Crippen molar-refractivity contribution in [2.24, 2.45) is 0 Å². The summed E-state index contributed by atoms with van der Waals surface area (Å²) < 4.78 is 6.86. The third-order valence-electron chi connectivity index (χ3n) is 5.63. The molecular weight excluding hydrogens is 332 g/mol. The molecule has 2 aromatic heterocycles. The lowest BCUT2D eigenvalue weighted by atomic mass is 10.2. The zero-order valence-corrected chi connectivity index (χ0v) is 14.6. The molecule has 1 aliphatic heterocycles. The first-order valence-electron chi connectivity index (χ1n) is 9.54. The molecule has 3 fully saturated rings. The van der Waals surface area contributed by atoms with Crippen LogP contribution < -0.4 is 5.56 Å². The standard InChI is InChI=1S/C19H22N4O3/c24-18-8-7-15(12-3-4-12)20-23(18)11-14-2-1-9-22(14)19(25)16-10-17(26-21-16)13-5-6-13/h7-8,10,12-14H,1-6,9,11H2. The number of aromatic nitrogens is 3. The van der Waals surface area contributed by atoms with Crippen LogP contribution in [-0.4, -0.2) is 38.3 Å². The Morgan fingerprint density at radius 3 is 2.73 bits per heavy atom. The molecule has 0 aromatic carbocycles. The molecule has 7 heteroatoms. The average molecular weight is 354 g/mol. The van der Waals surface area contributed by atoms with Crippen LogP contribution in [0.5, 0.6) is 0 Å². The molecule has 26 heavy (non-hydrogen) atoms. The van der Waals surface area contributed by atoms with E-state index in [1.54, 1.807) is 12.1 Å². The highest BCUT2D eigenvalue weighted by atomic mass is 16.5. The molecule has 3 aliphatic rings. The second-order valence-electron chi connectivity index (χ2n) is 7.74. The highest BCUT2D eigenvalue weighted by Crippen LogP contribution is 2.40. The molecule has 0 bridgehead atoms. The summed E-state index contributed by atoms with van der Waals surface area (Å²) in [4.78, 5) is 26.9. The van der Waals surface area contributed by atoms with Crippen LogP contribution in [0.25, 0.3) is 0 Å². The first-order chi connectivity index (χ1) is 12.7. The Labute approximate surface area is 151 Å². The Morgan fingerprint density at radius 2 is 1.96 bits per heavy atom. The molecule has 0 spiro atoms. The first kappa shape index (κ1) is 15.8. The number of likely N-dealkylation sites (tertiary alicyclic amines) is 1. The van der Waals surface area contributed by atoms with Crippen molar-refractivity contribution >= 4 is 5.91 Å². The Hall–Kier alpha value is -2.44. The lowest BCUT2D eigenvalue weighted by Gasteiger charge is -2.24. The van der Waals surface area contributed by atoms with Crippen LogP contribution in [0.2, 0.25) is 0 Å². The SMILES string of the molecule is O=C(c1cc(C2CC2)on1)N1CCCC1Cn1nc(C2CC2)ccc1=O. The van der Waals surface area contributed by atoms with Crippen molar-refractivity contribution in [3.05, 3.63) is 45.7 Å². The summed E-state index contributed by atoms with van der Waals surface area (Å²) in [6.07, 6.45) is 6.33. The zero-order chi connectivity index (χ0) is 17.7. The zero-order valence-electron chi connectivity index (χ0n) is 14.6. The minimum Gasteiger partial charge on any atom is -0.360 e. The third-order valence-corrected chi connectivity index (χ3v) is 5.63. The third kappa shape index (κ3) is 2.95. The smallest absolute Gasteiger partial charge is 0.276 e. The molecule has 7 nitrogen and oxygen atoms in total. The predicted molar refractivity (Wildman–Crippen MR) is 93.0 cm³/mol. The fraction of sp³-hybridized carbons (Fsp3) is 0.579. The highest BCUT2D eigenvalue weighted by Gasteiger charge is 2.34. The molecule has 1 amide bonds. The van der Waals surface area contributed by atoms with Gasteiger partial charge in [0.05, 0.1) is 18.3 Å². The van der Waals surface area contributed by atoms with Crippen LogP contribution in [0.4, 0.5) is 0 Å². The van der Waals surface area contributed by atoms with E-state index in [2.05, 4.69) is 10.3 Å². The lowest BCUT2D eigenvalue weighted by Crippen LogP contribution is -2.40. The van der Waals surface area contributed by atoms with Crippen molar-refractivity contribution in [2.45, 2.75) is 62.9 Å². The molecule has 0 N–H and O–H groups in total. The number of amides is 1. The van der Waals surface area contributed by atoms with Crippen LogP contribution in [0.1, 0.15) is 72.3 Å². The van der Waals surface area contributed by atoms with Crippen molar-refractivity contribution in [3.8, 4) is 0 Å². The van der Waals surface area contributed by atoms with E-state index < -0.39 is 0 Å². The fourth-order valence-electron chi connectivity index (χ4n) is 3.78. The Bertz CT molecular complexity index is 894. The van der Waals surface area contributed by atoms with E-state index in [1.165, 1.54) is 4.68 Å². The van der Waals surface area contributed by atoms with Gasteiger partial charge in [0.1, 0.15) is 5.76 Å². The van der Waals surface area contributed by atoms with Gasteiger partial charge in [0, 0.05) is 30.5 Å². The van der Waals surface area contributed by atoms with E-state index in [9.17, 15) is 9.59 Å². The molecule has 2 saturated carbocycles. The molecule has 5 rings (SSSR count). The maximum Gasteiger partial charge on any atom is 0.276 e. The van der Waals surface area contributed by atoms with Crippen molar-refractivity contribution < 1.29 is 9.32 Å². The van der Waals surface area contributed by atoms with Gasteiger partial charge in [-0.15, -0.1) is 0 Å². The average Bonchev–Trinajstić information content (AvgIpc) is 3.58. The first-order valence-corrected chi connectivity index (χ1v) is 9.54. The molecule has 1 saturated heterocycles. The summed E-state index contributed by atoms with van der Waals surface area (Å²) in [6, 6.07) is 5.20. The highest BCUT2D eigenvalue weighted by molar-refractivity contribution is 5.92. The minimum absolute atomic E-state index is 0.0248. The largest absolute Gasteiger partial charge is 0.360 e. The van der Waals surface area contributed by atoms with E-state index in [4.69, 9.17) is 4.52 Å². The molecule has 2 aliphatic carbocycles. The van der Waals surface area contributed by atoms with Gasteiger partial charge in [0.25, 0.3) is 11.5 Å². The summed E-state index contributed by atoms with van der Waals surface area (Å²) in [7, 11) is 0. The van der Waals surface area contributed by atoms with Gasteiger partial charge < -0.3 is 9.42 Å². The molecule has 1 unspecified atom stereocenters. The summed E-state index contributed by atoms with van der Waals surface area (Å²) in [5, 5.41) is 8.51. The molecule has 1 atom stereocenters. The summed E-state index contributed by atoms with van der Waals surface area (Å²) >= 11 is 0.